The molecule has 1 N–H and O–H groups in total. The fourth-order valence-corrected chi connectivity index (χ4v) is 3.51. The summed E-state index contributed by atoms with van der Waals surface area (Å²) in [6.45, 7) is 8.49. The molecular weight excluding hydrogens is 304 g/mol. The molecule has 126 valence electrons. The van der Waals surface area contributed by atoms with Gasteiger partial charge in [-0.1, -0.05) is 0 Å². The number of H-pyrrole nitrogens is 1. The number of hydrogen-bond acceptors (Lipinski definition) is 5. The molecule has 24 heavy (non-hydrogen) atoms. The van der Waals surface area contributed by atoms with E-state index in [1.165, 1.54) is 0 Å². The van der Waals surface area contributed by atoms with Crippen molar-refractivity contribution in [3.8, 4) is 5.75 Å². The molecule has 3 aromatic rings. The third-order valence-electron chi connectivity index (χ3n) is 4.36. The summed E-state index contributed by atoms with van der Waals surface area (Å²) in [6, 6.07) is 6.06. The molecular formula is C18H22N4O2. The van der Waals surface area contributed by atoms with Gasteiger partial charge in [0.2, 0.25) is 0 Å². The second-order valence-corrected chi connectivity index (χ2v) is 6.35. The van der Waals surface area contributed by atoms with E-state index < -0.39 is 0 Å². The van der Waals surface area contributed by atoms with Gasteiger partial charge < -0.3 is 19.4 Å². The largest absolute Gasteiger partial charge is 0.494 e. The van der Waals surface area contributed by atoms with Gasteiger partial charge in [0.25, 0.3) is 0 Å². The summed E-state index contributed by atoms with van der Waals surface area (Å²) in [4.78, 5) is 14.8. The molecule has 2 atom stereocenters. The highest BCUT2D eigenvalue weighted by atomic mass is 16.5. The van der Waals surface area contributed by atoms with E-state index in [1.54, 1.807) is 6.33 Å². The molecule has 0 aliphatic carbocycles. The summed E-state index contributed by atoms with van der Waals surface area (Å²) in [5, 5.41) is 1.06. The van der Waals surface area contributed by atoms with E-state index in [-0.39, 0.29) is 12.2 Å². The maximum atomic E-state index is 5.84. The molecule has 1 aromatic carbocycles. The second-order valence-electron chi connectivity index (χ2n) is 6.35. The van der Waals surface area contributed by atoms with Crippen molar-refractivity contribution in [2.24, 2.45) is 0 Å². The van der Waals surface area contributed by atoms with Crippen LogP contribution in [0.5, 0.6) is 5.75 Å². The van der Waals surface area contributed by atoms with Crippen LogP contribution in [0.4, 0.5) is 5.82 Å². The van der Waals surface area contributed by atoms with Crippen LogP contribution in [-0.2, 0) is 4.74 Å². The number of benzene rings is 1. The average molecular weight is 326 g/mol. The minimum atomic E-state index is 0.188. The molecule has 2 aromatic heterocycles. The monoisotopic (exact) mass is 326 g/mol. The summed E-state index contributed by atoms with van der Waals surface area (Å²) in [5.74, 6) is 1.80. The van der Waals surface area contributed by atoms with Crippen LogP contribution < -0.4 is 9.64 Å². The van der Waals surface area contributed by atoms with Crippen molar-refractivity contribution >= 4 is 27.8 Å². The Labute approximate surface area is 140 Å². The minimum Gasteiger partial charge on any atom is -0.494 e. The number of nitrogens with zero attached hydrogens (tertiary/aromatic N) is 3. The second kappa shape index (κ2) is 5.94. The van der Waals surface area contributed by atoms with Gasteiger partial charge in [0, 0.05) is 24.0 Å². The SMILES string of the molecule is CCOc1ccc2[nH]c3c(N4C[C@H](C)O[C@@H](C)C4)ncnc3c2c1. The summed E-state index contributed by atoms with van der Waals surface area (Å²) in [6.07, 6.45) is 2.02. The Balaban J connectivity index is 1.83. The first-order chi connectivity index (χ1) is 11.7. The van der Waals surface area contributed by atoms with Crippen LogP contribution in [0.25, 0.3) is 21.9 Å². The van der Waals surface area contributed by atoms with Crippen molar-refractivity contribution in [1.82, 2.24) is 15.0 Å². The Bertz CT molecular complexity index is 866. The van der Waals surface area contributed by atoms with Crippen molar-refractivity contribution in [3.05, 3.63) is 24.5 Å². The lowest BCUT2D eigenvalue weighted by Crippen LogP contribution is -2.46. The van der Waals surface area contributed by atoms with Crippen molar-refractivity contribution in [2.45, 2.75) is 33.0 Å². The molecule has 1 saturated heterocycles. The van der Waals surface area contributed by atoms with Gasteiger partial charge in [0.15, 0.2) is 5.82 Å². The van der Waals surface area contributed by atoms with Gasteiger partial charge in [-0.3, -0.25) is 0 Å². The maximum Gasteiger partial charge on any atom is 0.156 e. The average Bonchev–Trinajstić information content (AvgIpc) is 2.92. The smallest absolute Gasteiger partial charge is 0.156 e. The summed E-state index contributed by atoms with van der Waals surface area (Å²) < 4.78 is 11.5. The first kappa shape index (κ1) is 15.2. The van der Waals surface area contributed by atoms with E-state index >= 15 is 0 Å². The van der Waals surface area contributed by atoms with E-state index in [4.69, 9.17) is 9.47 Å². The van der Waals surface area contributed by atoms with Crippen LogP contribution >= 0.6 is 0 Å². The number of fused-ring (bicyclic) bond motifs is 3. The number of aromatic amines is 1. The Morgan fingerprint density at radius 1 is 1.25 bits per heavy atom. The van der Waals surface area contributed by atoms with E-state index in [1.807, 2.05) is 25.1 Å². The zero-order valence-corrected chi connectivity index (χ0v) is 14.2. The summed E-state index contributed by atoms with van der Waals surface area (Å²) in [7, 11) is 0. The highest BCUT2D eigenvalue weighted by Gasteiger charge is 2.25. The molecule has 0 unspecified atom stereocenters. The van der Waals surface area contributed by atoms with Crippen molar-refractivity contribution in [1.29, 1.82) is 0 Å². The molecule has 1 aliphatic rings. The van der Waals surface area contributed by atoms with Crippen molar-refractivity contribution in [2.75, 3.05) is 24.6 Å². The lowest BCUT2D eigenvalue weighted by molar-refractivity contribution is -0.00538. The van der Waals surface area contributed by atoms with E-state index in [0.29, 0.717) is 6.61 Å². The Morgan fingerprint density at radius 3 is 2.79 bits per heavy atom. The van der Waals surface area contributed by atoms with Crippen LogP contribution in [0.3, 0.4) is 0 Å². The van der Waals surface area contributed by atoms with Gasteiger partial charge in [-0.15, -0.1) is 0 Å². The molecule has 0 saturated carbocycles. The van der Waals surface area contributed by atoms with Crippen LogP contribution in [0.15, 0.2) is 24.5 Å². The van der Waals surface area contributed by atoms with Crippen LogP contribution in [0.1, 0.15) is 20.8 Å². The zero-order valence-electron chi connectivity index (χ0n) is 14.2. The Morgan fingerprint density at radius 2 is 2.04 bits per heavy atom. The van der Waals surface area contributed by atoms with E-state index in [2.05, 4.69) is 33.7 Å². The van der Waals surface area contributed by atoms with Crippen molar-refractivity contribution in [3.63, 3.8) is 0 Å². The lowest BCUT2D eigenvalue weighted by atomic mass is 10.2. The molecule has 4 rings (SSSR count). The van der Waals surface area contributed by atoms with Gasteiger partial charge in [0.1, 0.15) is 23.1 Å². The molecule has 0 bridgehead atoms. The molecule has 6 nitrogen and oxygen atoms in total. The zero-order chi connectivity index (χ0) is 16.7. The predicted octanol–water partition coefficient (Wildman–Crippen LogP) is 3.12. The van der Waals surface area contributed by atoms with Crippen LogP contribution in [-0.4, -0.2) is 46.9 Å². The Hall–Kier alpha value is -2.34. The Kier molecular flexibility index (Phi) is 3.76. The number of rotatable bonds is 3. The summed E-state index contributed by atoms with van der Waals surface area (Å²) >= 11 is 0. The number of nitrogens with one attached hydrogen (secondary N) is 1. The first-order valence-corrected chi connectivity index (χ1v) is 8.45. The number of morpholine rings is 1. The van der Waals surface area contributed by atoms with Gasteiger partial charge in [-0.2, -0.15) is 0 Å². The minimum absolute atomic E-state index is 0.188. The highest BCUT2D eigenvalue weighted by Crippen LogP contribution is 2.32. The molecule has 0 amide bonds. The summed E-state index contributed by atoms with van der Waals surface area (Å²) in [5.41, 5.74) is 2.95. The standard InChI is InChI=1S/C18H22N4O2/c1-4-23-13-5-6-15-14(7-13)16-17(21-15)18(20-10-19-16)22-8-11(2)24-12(3)9-22/h5-7,10-12,21H,4,8-9H2,1-3H3/t11-,12-/m0/s1. The van der Waals surface area contributed by atoms with Crippen LogP contribution in [0.2, 0.25) is 0 Å². The highest BCUT2D eigenvalue weighted by molar-refractivity contribution is 6.08. The fraction of sp³-hybridized carbons (Fsp3) is 0.444. The third-order valence-corrected chi connectivity index (χ3v) is 4.36. The van der Waals surface area contributed by atoms with E-state index in [0.717, 1.165) is 46.6 Å². The van der Waals surface area contributed by atoms with Gasteiger partial charge in [-0.05, 0) is 39.0 Å². The molecule has 0 spiro atoms. The quantitative estimate of drug-likeness (QED) is 0.801. The third kappa shape index (κ3) is 2.57. The molecule has 1 fully saturated rings. The molecule has 0 radical (unpaired) electrons. The molecule has 1 aliphatic heterocycles. The first-order valence-electron chi connectivity index (χ1n) is 8.45. The van der Waals surface area contributed by atoms with Gasteiger partial charge in [-0.25, -0.2) is 9.97 Å². The van der Waals surface area contributed by atoms with Gasteiger partial charge >= 0.3 is 0 Å². The predicted molar refractivity (Wildman–Crippen MR) is 94.8 cm³/mol. The number of aromatic nitrogens is 3. The molecule has 6 heteroatoms. The van der Waals surface area contributed by atoms with E-state index in [9.17, 15) is 0 Å². The van der Waals surface area contributed by atoms with Gasteiger partial charge in [0.05, 0.1) is 18.8 Å². The molecule has 3 heterocycles. The lowest BCUT2D eigenvalue weighted by Gasteiger charge is -2.36. The van der Waals surface area contributed by atoms with Crippen molar-refractivity contribution < 1.29 is 9.47 Å². The topological polar surface area (TPSA) is 63.3 Å². The normalized spacial score (nSPS) is 21.5. The van der Waals surface area contributed by atoms with Crippen LogP contribution in [0, 0.1) is 0 Å². The fourth-order valence-electron chi connectivity index (χ4n) is 3.51. The number of ether oxygens (including phenoxy) is 2. The number of hydrogen-bond donors (Lipinski definition) is 1. The maximum absolute atomic E-state index is 5.84. The number of anilines is 1.